The van der Waals surface area contributed by atoms with Crippen molar-refractivity contribution < 1.29 is 23.9 Å². The molecule has 2 aromatic rings. The van der Waals surface area contributed by atoms with Gasteiger partial charge in [0.2, 0.25) is 0 Å². The molecule has 0 saturated heterocycles. The predicted molar refractivity (Wildman–Crippen MR) is 105 cm³/mol. The summed E-state index contributed by atoms with van der Waals surface area (Å²) in [5.41, 5.74) is 1.72. The first-order valence-corrected chi connectivity index (χ1v) is 8.86. The number of amides is 4. The standard InChI is InChI=1S/C22H16N2O5/c1-13-11-19(25)23(21(13)27)15-3-7-17(8-4-15)29-18-9-5-16(6-10-18)24-20(26)12-14(2)22(24)28/h3-12H,1-2H3. The van der Waals surface area contributed by atoms with Gasteiger partial charge in [-0.3, -0.25) is 19.2 Å². The summed E-state index contributed by atoms with van der Waals surface area (Å²) in [6.07, 6.45) is 2.61. The summed E-state index contributed by atoms with van der Waals surface area (Å²) in [6.45, 7) is 3.20. The average Bonchev–Trinajstić information content (AvgIpc) is 3.10. The van der Waals surface area contributed by atoms with Crippen molar-refractivity contribution in [3.63, 3.8) is 0 Å². The fourth-order valence-corrected chi connectivity index (χ4v) is 3.13. The topological polar surface area (TPSA) is 84.0 Å². The maximum atomic E-state index is 12.0. The second kappa shape index (κ2) is 6.87. The first-order valence-electron chi connectivity index (χ1n) is 8.86. The number of benzene rings is 2. The molecule has 0 unspecified atom stereocenters. The molecule has 2 aromatic carbocycles. The molecule has 0 aliphatic carbocycles. The van der Waals surface area contributed by atoms with Crippen LogP contribution >= 0.6 is 0 Å². The number of carbonyl (C=O) groups excluding carboxylic acids is 4. The Morgan fingerprint density at radius 2 is 0.931 bits per heavy atom. The zero-order valence-electron chi connectivity index (χ0n) is 15.7. The van der Waals surface area contributed by atoms with Crippen molar-refractivity contribution in [1.82, 2.24) is 0 Å². The summed E-state index contributed by atoms with van der Waals surface area (Å²) >= 11 is 0. The lowest BCUT2D eigenvalue weighted by molar-refractivity contribution is -0.121. The van der Waals surface area contributed by atoms with Crippen LogP contribution in [0.3, 0.4) is 0 Å². The van der Waals surface area contributed by atoms with Crippen LogP contribution in [-0.4, -0.2) is 23.6 Å². The average molecular weight is 388 g/mol. The van der Waals surface area contributed by atoms with Crippen LogP contribution in [-0.2, 0) is 19.2 Å². The second-order valence-corrected chi connectivity index (χ2v) is 6.70. The molecule has 4 amide bonds. The van der Waals surface area contributed by atoms with E-state index in [-0.39, 0.29) is 23.6 Å². The smallest absolute Gasteiger partial charge is 0.261 e. The van der Waals surface area contributed by atoms with Crippen molar-refractivity contribution in [2.45, 2.75) is 13.8 Å². The molecule has 0 aromatic heterocycles. The Labute approximate surface area is 166 Å². The molecule has 2 aliphatic heterocycles. The Bertz CT molecular complexity index is 1020. The number of nitrogens with zero attached hydrogens (tertiary/aromatic N) is 2. The van der Waals surface area contributed by atoms with E-state index in [0.29, 0.717) is 34.0 Å². The van der Waals surface area contributed by atoms with Gasteiger partial charge in [-0.15, -0.1) is 0 Å². The molecule has 0 radical (unpaired) electrons. The van der Waals surface area contributed by atoms with Crippen LogP contribution < -0.4 is 14.5 Å². The summed E-state index contributed by atoms with van der Waals surface area (Å²) in [6, 6.07) is 13.1. The number of ether oxygens (including phenoxy) is 1. The molecule has 7 heteroatoms. The minimum Gasteiger partial charge on any atom is -0.457 e. The van der Waals surface area contributed by atoms with E-state index in [0.717, 1.165) is 9.80 Å². The zero-order valence-corrected chi connectivity index (χ0v) is 15.7. The minimum absolute atomic E-state index is 0.338. The molecule has 2 heterocycles. The Morgan fingerprint density at radius 3 is 1.21 bits per heavy atom. The van der Waals surface area contributed by atoms with Crippen molar-refractivity contribution in [2.24, 2.45) is 0 Å². The SMILES string of the molecule is CC1=CC(=O)N(c2ccc(Oc3ccc(N4C(=O)C=C(C)C4=O)cc3)cc2)C1=O. The summed E-state index contributed by atoms with van der Waals surface area (Å²) in [4.78, 5) is 50.2. The molecule has 29 heavy (non-hydrogen) atoms. The van der Waals surface area contributed by atoms with Gasteiger partial charge in [0, 0.05) is 23.3 Å². The van der Waals surface area contributed by atoms with Gasteiger partial charge in [0.1, 0.15) is 11.5 Å². The monoisotopic (exact) mass is 388 g/mol. The normalized spacial score (nSPS) is 16.5. The van der Waals surface area contributed by atoms with Crippen molar-refractivity contribution in [1.29, 1.82) is 0 Å². The van der Waals surface area contributed by atoms with E-state index >= 15 is 0 Å². The van der Waals surface area contributed by atoms with E-state index in [2.05, 4.69) is 0 Å². The molecule has 0 atom stereocenters. The molecular formula is C22H16N2O5. The highest BCUT2D eigenvalue weighted by Gasteiger charge is 2.30. The van der Waals surface area contributed by atoms with Crippen LogP contribution in [0.25, 0.3) is 0 Å². The number of carbonyl (C=O) groups is 4. The van der Waals surface area contributed by atoms with Gasteiger partial charge in [0.05, 0.1) is 11.4 Å². The van der Waals surface area contributed by atoms with E-state index in [1.807, 2.05) is 0 Å². The van der Waals surface area contributed by atoms with Crippen LogP contribution in [0, 0.1) is 0 Å². The first-order chi connectivity index (χ1) is 13.8. The van der Waals surface area contributed by atoms with E-state index in [1.165, 1.54) is 12.2 Å². The summed E-state index contributed by atoms with van der Waals surface area (Å²) in [5, 5.41) is 0. The highest BCUT2D eigenvalue weighted by Crippen LogP contribution is 2.29. The van der Waals surface area contributed by atoms with Gasteiger partial charge in [0.25, 0.3) is 23.6 Å². The van der Waals surface area contributed by atoms with Crippen molar-refractivity contribution >= 4 is 35.0 Å². The highest BCUT2D eigenvalue weighted by atomic mass is 16.5. The number of rotatable bonds is 4. The predicted octanol–water partition coefficient (Wildman–Crippen LogP) is 3.12. The molecule has 144 valence electrons. The Kier molecular flexibility index (Phi) is 4.35. The molecule has 4 rings (SSSR count). The third-order valence-electron chi connectivity index (χ3n) is 4.63. The minimum atomic E-state index is -0.368. The van der Waals surface area contributed by atoms with Gasteiger partial charge in [-0.1, -0.05) is 0 Å². The molecule has 2 aliphatic rings. The Balaban J connectivity index is 1.46. The maximum Gasteiger partial charge on any atom is 0.261 e. The van der Waals surface area contributed by atoms with E-state index in [4.69, 9.17) is 4.74 Å². The fraction of sp³-hybridized carbons (Fsp3) is 0.0909. The third-order valence-corrected chi connectivity index (χ3v) is 4.63. The number of imide groups is 2. The van der Waals surface area contributed by atoms with Crippen molar-refractivity contribution in [3.8, 4) is 11.5 Å². The molecule has 0 N–H and O–H groups in total. The third kappa shape index (κ3) is 3.23. The lowest BCUT2D eigenvalue weighted by atomic mass is 10.2. The van der Waals surface area contributed by atoms with E-state index in [1.54, 1.807) is 62.4 Å². The zero-order chi connectivity index (χ0) is 20.7. The van der Waals surface area contributed by atoms with Crippen LogP contribution in [0.5, 0.6) is 11.5 Å². The lowest BCUT2D eigenvalue weighted by Crippen LogP contribution is -2.30. The summed E-state index contributed by atoms with van der Waals surface area (Å²) in [5.74, 6) is -0.391. The quantitative estimate of drug-likeness (QED) is 0.752. The van der Waals surface area contributed by atoms with Crippen molar-refractivity contribution in [2.75, 3.05) is 9.80 Å². The molecule has 0 bridgehead atoms. The van der Waals surface area contributed by atoms with Crippen molar-refractivity contribution in [3.05, 3.63) is 71.8 Å². The molecule has 7 nitrogen and oxygen atoms in total. The Morgan fingerprint density at radius 1 is 0.586 bits per heavy atom. The van der Waals surface area contributed by atoms with Crippen LogP contribution in [0.15, 0.2) is 71.8 Å². The molecule has 0 spiro atoms. The van der Waals surface area contributed by atoms with E-state index in [9.17, 15) is 19.2 Å². The first kappa shape index (κ1) is 18.4. The van der Waals surface area contributed by atoms with Gasteiger partial charge in [-0.25, -0.2) is 9.80 Å². The lowest BCUT2D eigenvalue weighted by Gasteiger charge is -2.16. The van der Waals surface area contributed by atoms with Crippen LogP contribution in [0.1, 0.15) is 13.8 Å². The van der Waals surface area contributed by atoms with E-state index < -0.39 is 0 Å². The number of hydrogen-bond acceptors (Lipinski definition) is 5. The van der Waals surface area contributed by atoms with Gasteiger partial charge >= 0.3 is 0 Å². The largest absolute Gasteiger partial charge is 0.457 e. The molecular weight excluding hydrogens is 372 g/mol. The molecule has 0 fully saturated rings. The summed E-state index contributed by atoms with van der Waals surface area (Å²) < 4.78 is 5.76. The fourth-order valence-electron chi connectivity index (χ4n) is 3.13. The number of anilines is 2. The van der Waals surface area contributed by atoms with Gasteiger partial charge < -0.3 is 4.74 Å². The van der Waals surface area contributed by atoms with Crippen LogP contribution in [0.2, 0.25) is 0 Å². The molecule has 0 saturated carbocycles. The maximum absolute atomic E-state index is 12.0. The second-order valence-electron chi connectivity index (χ2n) is 6.70. The van der Waals surface area contributed by atoms with Gasteiger partial charge in [-0.05, 0) is 62.4 Å². The Hall–Kier alpha value is -4.00. The number of hydrogen-bond donors (Lipinski definition) is 0. The highest BCUT2D eigenvalue weighted by molar-refractivity contribution is 6.31. The van der Waals surface area contributed by atoms with Gasteiger partial charge in [0.15, 0.2) is 0 Å². The van der Waals surface area contributed by atoms with Crippen LogP contribution in [0.4, 0.5) is 11.4 Å². The van der Waals surface area contributed by atoms with Gasteiger partial charge in [-0.2, -0.15) is 0 Å². The summed E-state index contributed by atoms with van der Waals surface area (Å²) in [7, 11) is 0.